The van der Waals surface area contributed by atoms with Gasteiger partial charge in [0.2, 0.25) is 0 Å². The normalized spacial score (nSPS) is 12.7. The molecule has 0 saturated heterocycles. The van der Waals surface area contributed by atoms with Gasteiger partial charge in [-0.2, -0.15) is 5.10 Å². The van der Waals surface area contributed by atoms with Crippen molar-refractivity contribution in [3.05, 3.63) is 48.7 Å². The number of fused-ring (bicyclic) bond motifs is 1. The third-order valence-corrected chi connectivity index (χ3v) is 3.85. The zero-order valence-electron chi connectivity index (χ0n) is 11.9. The van der Waals surface area contributed by atoms with Gasteiger partial charge in [-0.05, 0) is 24.1 Å². The Morgan fingerprint density at radius 1 is 1.15 bits per heavy atom. The second-order valence-electron chi connectivity index (χ2n) is 5.20. The maximum Gasteiger partial charge on any atom is 0.116 e. The van der Waals surface area contributed by atoms with Crippen LogP contribution in [0.15, 0.2) is 48.7 Å². The van der Waals surface area contributed by atoms with Crippen LogP contribution in [-0.2, 0) is 0 Å². The van der Waals surface area contributed by atoms with Gasteiger partial charge >= 0.3 is 0 Å². The van der Waals surface area contributed by atoms with Crippen LogP contribution in [0.1, 0.15) is 26.3 Å². The molecule has 0 radical (unpaired) electrons. The molecule has 2 N–H and O–H groups in total. The second kappa shape index (κ2) is 5.00. The monoisotopic (exact) mass is 265 g/mol. The third kappa shape index (κ3) is 2.05. The first-order valence-electron chi connectivity index (χ1n) is 7.03. The summed E-state index contributed by atoms with van der Waals surface area (Å²) in [6.07, 6.45) is 2.97. The van der Waals surface area contributed by atoms with Crippen LogP contribution in [0.5, 0.6) is 0 Å². The summed E-state index contributed by atoms with van der Waals surface area (Å²) < 4.78 is 1.96. The summed E-state index contributed by atoms with van der Waals surface area (Å²) in [4.78, 5) is 0. The molecule has 0 aliphatic rings. The topological polar surface area (TPSA) is 43.8 Å². The molecule has 20 heavy (non-hydrogen) atoms. The van der Waals surface area contributed by atoms with Crippen molar-refractivity contribution < 1.29 is 0 Å². The fraction of sp³-hybridized carbons (Fsp3) is 0.235. The predicted octanol–water partition coefficient (Wildman–Crippen LogP) is 4.26. The van der Waals surface area contributed by atoms with Crippen LogP contribution in [-0.4, -0.2) is 9.78 Å². The Morgan fingerprint density at radius 2 is 1.90 bits per heavy atom. The molecule has 1 atom stereocenters. The molecular weight excluding hydrogens is 246 g/mol. The van der Waals surface area contributed by atoms with Gasteiger partial charge in [-0.15, -0.1) is 0 Å². The highest BCUT2D eigenvalue weighted by molar-refractivity contribution is 5.97. The Balaban J connectivity index is 2.18. The van der Waals surface area contributed by atoms with Gasteiger partial charge in [-0.3, -0.25) is 4.68 Å². The lowest BCUT2D eigenvalue weighted by atomic mass is 10.0. The smallest absolute Gasteiger partial charge is 0.116 e. The van der Waals surface area contributed by atoms with Gasteiger partial charge in [0, 0.05) is 17.8 Å². The quantitative estimate of drug-likeness (QED) is 0.769. The Hall–Kier alpha value is -2.29. The van der Waals surface area contributed by atoms with Crippen molar-refractivity contribution in [3.8, 4) is 11.3 Å². The highest BCUT2D eigenvalue weighted by Gasteiger charge is 2.13. The van der Waals surface area contributed by atoms with Gasteiger partial charge in [-0.25, -0.2) is 0 Å². The molecule has 0 aliphatic heterocycles. The molecule has 0 saturated carbocycles. The number of rotatable bonds is 3. The van der Waals surface area contributed by atoms with Gasteiger partial charge in [0.25, 0.3) is 0 Å². The van der Waals surface area contributed by atoms with E-state index >= 15 is 0 Å². The molecule has 1 heterocycles. The van der Waals surface area contributed by atoms with Crippen LogP contribution in [0.2, 0.25) is 0 Å². The van der Waals surface area contributed by atoms with Crippen LogP contribution in [0.3, 0.4) is 0 Å². The highest BCUT2D eigenvalue weighted by atomic mass is 15.3. The van der Waals surface area contributed by atoms with Crippen LogP contribution < -0.4 is 5.73 Å². The van der Waals surface area contributed by atoms with Crippen molar-refractivity contribution in [2.24, 2.45) is 0 Å². The van der Waals surface area contributed by atoms with E-state index in [0.717, 1.165) is 23.4 Å². The Morgan fingerprint density at radius 3 is 2.70 bits per heavy atom. The molecule has 3 heteroatoms. The van der Waals surface area contributed by atoms with Gasteiger partial charge < -0.3 is 5.73 Å². The van der Waals surface area contributed by atoms with Crippen LogP contribution in [0.4, 0.5) is 5.69 Å². The van der Waals surface area contributed by atoms with E-state index in [4.69, 9.17) is 10.8 Å². The first kappa shape index (κ1) is 12.7. The van der Waals surface area contributed by atoms with E-state index in [0.29, 0.717) is 6.04 Å². The molecule has 0 bridgehead atoms. The van der Waals surface area contributed by atoms with E-state index in [-0.39, 0.29) is 0 Å². The minimum atomic E-state index is 0.362. The molecule has 0 amide bonds. The van der Waals surface area contributed by atoms with Crippen LogP contribution in [0, 0.1) is 0 Å². The Bertz CT molecular complexity index is 738. The average molecular weight is 265 g/mol. The summed E-state index contributed by atoms with van der Waals surface area (Å²) in [5.41, 5.74) is 8.89. The molecule has 1 aromatic heterocycles. The molecule has 3 nitrogen and oxygen atoms in total. The minimum absolute atomic E-state index is 0.362. The maximum atomic E-state index is 6.17. The SMILES string of the molecule is CCC(C)n1cc(N)c(-c2cccc3ccccc23)n1. The van der Waals surface area contributed by atoms with Crippen molar-refractivity contribution >= 4 is 16.5 Å². The summed E-state index contributed by atoms with van der Waals surface area (Å²) in [6, 6.07) is 14.9. The number of nitrogen functional groups attached to an aromatic ring is 1. The average Bonchev–Trinajstić information content (AvgIpc) is 2.87. The summed E-state index contributed by atoms with van der Waals surface area (Å²) >= 11 is 0. The zero-order valence-corrected chi connectivity index (χ0v) is 11.9. The number of hydrogen-bond acceptors (Lipinski definition) is 2. The molecule has 3 aromatic rings. The number of nitrogens with zero attached hydrogens (tertiary/aromatic N) is 2. The van der Waals surface area contributed by atoms with Gasteiger partial charge in [0.05, 0.1) is 5.69 Å². The van der Waals surface area contributed by atoms with E-state index < -0.39 is 0 Å². The molecule has 0 spiro atoms. The predicted molar refractivity (Wildman–Crippen MR) is 84.6 cm³/mol. The minimum Gasteiger partial charge on any atom is -0.396 e. The zero-order chi connectivity index (χ0) is 14.1. The molecule has 3 rings (SSSR count). The molecule has 0 fully saturated rings. The molecule has 2 aromatic carbocycles. The fourth-order valence-electron chi connectivity index (χ4n) is 2.46. The number of anilines is 1. The van der Waals surface area contributed by atoms with E-state index in [2.05, 4.69) is 44.2 Å². The second-order valence-corrected chi connectivity index (χ2v) is 5.20. The van der Waals surface area contributed by atoms with Gasteiger partial charge in [0.1, 0.15) is 5.69 Å². The lowest BCUT2D eigenvalue weighted by molar-refractivity contribution is 0.479. The van der Waals surface area contributed by atoms with E-state index in [1.54, 1.807) is 0 Å². The fourth-order valence-corrected chi connectivity index (χ4v) is 2.46. The van der Waals surface area contributed by atoms with E-state index in [1.165, 1.54) is 10.8 Å². The lowest BCUT2D eigenvalue weighted by Gasteiger charge is -2.08. The number of benzene rings is 2. The standard InChI is InChI=1S/C17H19N3/c1-3-12(2)20-11-16(18)17(19-20)15-10-6-8-13-7-4-5-9-14(13)15/h4-12H,3,18H2,1-2H3. The third-order valence-electron chi connectivity index (χ3n) is 3.85. The molecule has 0 aliphatic carbocycles. The largest absolute Gasteiger partial charge is 0.396 e. The highest BCUT2D eigenvalue weighted by Crippen LogP contribution is 2.31. The first-order valence-corrected chi connectivity index (χ1v) is 7.03. The Kier molecular flexibility index (Phi) is 3.18. The number of nitrogens with two attached hydrogens (primary N) is 1. The molecular formula is C17H19N3. The van der Waals surface area contributed by atoms with Gasteiger partial charge in [-0.1, -0.05) is 49.4 Å². The summed E-state index contributed by atoms with van der Waals surface area (Å²) in [6.45, 7) is 4.31. The summed E-state index contributed by atoms with van der Waals surface area (Å²) in [5, 5.41) is 7.09. The molecule has 102 valence electrons. The number of hydrogen-bond donors (Lipinski definition) is 1. The lowest BCUT2D eigenvalue weighted by Crippen LogP contribution is -2.04. The molecule has 1 unspecified atom stereocenters. The van der Waals surface area contributed by atoms with Crippen LogP contribution >= 0.6 is 0 Å². The van der Waals surface area contributed by atoms with Crippen molar-refractivity contribution in [1.29, 1.82) is 0 Å². The van der Waals surface area contributed by atoms with Crippen molar-refractivity contribution in [2.45, 2.75) is 26.3 Å². The number of aromatic nitrogens is 2. The maximum absolute atomic E-state index is 6.17. The first-order chi connectivity index (χ1) is 9.70. The summed E-state index contributed by atoms with van der Waals surface area (Å²) in [7, 11) is 0. The summed E-state index contributed by atoms with van der Waals surface area (Å²) in [5.74, 6) is 0. The van der Waals surface area contributed by atoms with Crippen molar-refractivity contribution in [2.75, 3.05) is 5.73 Å². The Labute approximate surface area is 119 Å². The van der Waals surface area contributed by atoms with E-state index in [1.807, 2.05) is 23.0 Å². The van der Waals surface area contributed by atoms with Crippen LogP contribution in [0.25, 0.3) is 22.0 Å². The van der Waals surface area contributed by atoms with E-state index in [9.17, 15) is 0 Å². The van der Waals surface area contributed by atoms with Gasteiger partial charge in [0.15, 0.2) is 0 Å². The van der Waals surface area contributed by atoms with Crippen molar-refractivity contribution in [3.63, 3.8) is 0 Å². The van der Waals surface area contributed by atoms with Crippen molar-refractivity contribution in [1.82, 2.24) is 9.78 Å².